The predicted molar refractivity (Wildman–Crippen MR) is 139 cm³/mol. The molecule has 2 aliphatic heterocycles. The van der Waals surface area contributed by atoms with Crippen LogP contribution in [0.15, 0.2) is 48.6 Å². The van der Waals surface area contributed by atoms with Gasteiger partial charge in [-0.15, -0.1) is 0 Å². The number of hydrogen-bond donors (Lipinski definition) is 2. The van der Waals surface area contributed by atoms with Gasteiger partial charge in [0.15, 0.2) is 5.83 Å². The Hall–Kier alpha value is -3.38. The number of fused-ring (bicyclic) bond motifs is 2. The first kappa shape index (κ1) is 26.2. The molecule has 3 heterocycles. The number of carbonyl (C=O) groups is 1. The number of carbonyl (C=O) groups excluding carboxylic acids is 1. The highest BCUT2D eigenvalue weighted by Gasteiger charge is 2.36. The van der Waals surface area contributed by atoms with Crippen molar-refractivity contribution in [3.8, 4) is 5.75 Å². The van der Waals surface area contributed by atoms with Crippen LogP contribution in [-0.2, 0) is 14.3 Å². The largest absolute Gasteiger partial charge is 0.492 e. The molecule has 12 heteroatoms. The van der Waals surface area contributed by atoms with Gasteiger partial charge in [-0.05, 0) is 37.3 Å². The van der Waals surface area contributed by atoms with Crippen molar-refractivity contribution in [2.75, 3.05) is 50.1 Å². The molecule has 2 saturated heterocycles. The van der Waals surface area contributed by atoms with Crippen LogP contribution >= 0.6 is 11.6 Å². The van der Waals surface area contributed by atoms with Crippen molar-refractivity contribution in [3.05, 3.63) is 59.4 Å². The van der Waals surface area contributed by atoms with Gasteiger partial charge in [-0.1, -0.05) is 11.6 Å². The average molecular weight is 546 g/mol. The van der Waals surface area contributed by atoms with Gasteiger partial charge in [0, 0.05) is 36.8 Å². The quantitative estimate of drug-likeness (QED) is 0.401. The minimum absolute atomic E-state index is 0.0312. The summed E-state index contributed by atoms with van der Waals surface area (Å²) in [6.07, 6.45) is 2.53. The van der Waals surface area contributed by atoms with E-state index in [0.29, 0.717) is 61.1 Å². The molecule has 1 amide bonds. The normalized spacial score (nSPS) is 19.8. The Bertz CT molecular complexity index is 1360. The van der Waals surface area contributed by atoms with Crippen molar-refractivity contribution in [2.45, 2.75) is 19.1 Å². The molecule has 0 bridgehead atoms. The molecule has 1 aromatic heterocycles. The van der Waals surface area contributed by atoms with Crippen molar-refractivity contribution in [1.82, 2.24) is 14.9 Å². The number of nitrogens with zero attached hydrogens (tertiary/aromatic N) is 3. The van der Waals surface area contributed by atoms with E-state index in [0.717, 1.165) is 0 Å². The van der Waals surface area contributed by atoms with Crippen LogP contribution < -0.4 is 15.4 Å². The number of likely N-dealkylation sites (tertiary alicyclic amines) is 1. The van der Waals surface area contributed by atoms with Gasteiger partial charge in [0.1, 0.15) is 23.7 Å². The molecule has 0 saturated carbocycles. The summed E-state index contributed by atoms with van der Waals surface area (Å²) in [6, 6.07) is 7.40. The second kappa shape index (κ2) is 11.6. The maximum atomic E-state index is 14.8. The summed E-state index contributed by atoms with van der Waals surface area (Å²) in [6.45, 7) is 4.69. The first-order chi connectivity index (χ1) is 18.4. The molecule has 0 spiro atoms. The molecule has 2 fully saturated rings. The lowest BCUT2D eigenvalue weighted by molar-refractivity contribution is -0.116. The van der Waals surface area contributed by atoms with Crippen molar-refractivity contribution in [3.63, 3.8) is 0 Å². The molecule has 2 atom stereocenters. The lowest BCUT2D eigenvalue weighted by Gasteiger charge is -2.24. The van der Waals surface area contributed by atoms with Gasteiger partial charge in [0.2, 0.25) is 0 Å². The maximum absolute atomic E-state index is 14.8. The predicted octanol–water partition coefficient (Wildman–Crippen LogP) is 4.46. The molecule has 1 unspecified atom stereocenters. The van der Waals surface area contributed by atoms with Crippen LogP contribution in [0.5, 0.6) is 5.75 Å². The van der Waals surface area contributed by atoms with Crippen LogP contribution in [0.4, 0.5) is 26.0 Å². The summed E-state index contributed by atoms with van der Waals surface area (Å²) >= 11 is 5.90. The Labute approximate surface area is 222 Å². The fourth-order valence-electron chi connectivity index (χ4n) is 4.44. The van der Waals surface area contributed by atoms with E-state index >= 15 is 0 Å². The van der Waals surface area contributed by atoms with Crippen LogP contribution in [0.3, 0.4) is 0 Å². The number of benzene rings is 2. The number of aromatic nitrogens is 2. The summed E-state index contributed by atoms with van der Waals surface area (Å²) in [4.78, 5) is 23.3. The first-order valence-electron chi connectivity index (χ1n) is 12.2. The van der Waals surface area contributed by atoms with Crippen LogP contribution in [0.25, 0.3) is 10.9 Å². The molecule has 0 aliphatic carbocycles. The highest BCUT2D eigenvalue weighted by molar-refractivity contribution is 6.31. The average Bonchev–Trinajstić information content (AvgIpc) is 3.33. The molecule has 5 rings (SSSR count). The molecule has 2 N–H and O–H groups in total. The third-order valence-electron chi connectivity index (χ3n) is 6.25. The summed E-state index contributed by atoms with van der Waals surface area (Å²) in [5.74, 6) is -1.67. The molecule has 3 aromatic rings. The number of halogens is 3. The molecular weight excluding hydrogens is 520 g/mol. The second-order valence-electron chi connectivity index (χ2n) is 8.82. The highest BCUT2D eigenvalue weighted by atomic mass is 35.5. The zero-order chi connectivity index (χ0) is 26.6. The second-order valence-corrected chi connectivity index (χ2v) is 9.23. The van der Waals surface area contributed by atoms with E-state index in [4.69, 9.17) is 25.8 Å². The van der Waals surface area contributed by atoms with Crippen LogP contribution in [-0.4, -0.2) is 72.4 Å². The van der Waals surface area contributed by atoms with E-state index in [-0.39, 0.29) is 29.5 Å². The van der Waals surface area contributed by atoms with Gasteiger partial charge in [-0.2, -0.15) is 0 Å². The monoisotopic (exact) mass is 545 g/mol. The van der Waals surface area contributed by atoms with Crippen molar-refractivity contribution in [2.24, 2.45) is 0 Å². The summed E-state index contributed by atoms with van der Waals surface area (Å²) < 4.78 is 45.4. The number of anilines is 3. The van der Waals surface area contributed by atoms with E-state index < -0.39 is 17.6 Å². The van der Waals surface area contributed by atoms with Gasteiger partial charge in [0.25, 0.3) is 5.91 Å². The molecule has 200 valence electrons. The van der Waals surface area contributed by atoms with Crippen LogP contribution in [0.2, 0.25) is 5.02 Å². The Morgan fingerprint density at radius 1 is 1.21 bits per heavy atom. The van der Waals surface area contributed by atoms with Gasteiger partial charge in [-0.25, -0.2) is 18.7 Å². The Balaban J connectivity index is 1.35. The lowest BCUT2D eigenvalue weighted by atomic mass is 10.1. The molecule has 2 aromatic carbocycles. The number of nitrogens with one attached hydrogen (secondary N) is 2. The van der Waals surface area contributed by atoms with Crippen molar-refractivity contribution >= 4 is 45.6 Å². The summed E-state index contributed by atoms with van der Waals surface area (Å²) in [7, 11) is 0. The van der Waals surface area contributed by atoms with E-state index in [2.05, 4.69) is 20.6 Å². The van der Waals surface area contributed by atoms with Gasteiger partial charge in [0.05, 0.1) is 48.3 Å². The standard InChI is InChI=1S/C26H26ClF2N5O4/c1-2-36-22-11-20-16(25(31-14-30-20)32-15-3-4-18(28)17(27)9-15)10-21(22)33-26(35)19(29)5-6-34-12-23-24(13-34)38-8-7-37-23/h3-5,9-11,14,23-24H,2,6-8,12-13H2,1H3,(H,33,35)(H,30,31,32)/b19-5+/t23-,24?/m0/s1. The molecule has 0 radical (unpaired) electrons. The van der Waals surface area contributed by atoms with E-state index in [1.807, 2.05) is 4.90 Å². The first-order valence-corrected chi connectivity index (χ1v) is 12.5. The fraction of sp³-hybridized carbons (Fsp3) is 0.346. The van der Waals surface area contributed by atoms with Crippen LogP contribution in [0, 0.1) is 5.82 Å². The number of hydrogen-bond acceptors (Lipinski definition) is 8. The Morgan fingerprint density at radius 2 is 1.97 bits per heavy atom. The Morgan fingerprint density at radius 3 is 2.68 bits per heavy atom. The number of amides is 1. The van der Waals surface area contributed by atoms with Gasteiger partial charge >= 0.3 is 0 Å². The summed E-state index contributed by atoms with van der Waals surface area (Å²) in [5.41, 5.74) is 1.27. The lowest BCUT2D eigenvalue weighted by Crippen LogP contribution is -2.36. The third-order valence-corrected chi connectivity index (χ3v) is 6.54. The van der Waals surface area contributed by atoms with Gasteiger partial charge in [-0.3, -0.25) is 9.69 Å². The van der Waals surface area contributed by atoms with E-state index in [1.165, 1.54) is 30.6 Å². The van der Waals surface area contributed by atoms with Gasteiger partial charge < -0.3 is 24.8 Å². The molecule has 38 heavy (non-hydrogen) atoms. The zero-order valence-corrected chi connectivity index (χ0v) is 21.3. The van der Waals surface area contributed by atoms with Crippen molar-refractivity contribution < 1.29 is 27.8 Å². The minimum atomic E-state index is -0.923. The molecular formula is C26H26ClF2N5O4. The smallest absolute Gasteiger partial charge is 0.284 e. The fourth-order valence-corrected chi connectivity index (χ4v) is 4.62. The molecule has 2 aliphatic rings. The third kappa shape index (κ3) is 5.86. The van der Waals surface area contributed by atoms with Crippen LogP contribution in [0.1, 0.15) is 6.92 Å². The van der Waals surface area contributed by atoms with E-state index in [1.54, 1.807) is 19.1 Å². The minimum Gasteiger partial charge on any atom is -0.492 e. The SMILES string of the molecule is CCOc1cc2ncnc(Nc3ccc(F)c(Cl)c3)c2cc1NC(=O)/C(F)=C\CN1CC2OCCO[C@H]2C1. The highest BCUT2D eigenvalue weighted by Crippen LogP contribution is 2.34. The number of rotatable bonds is 8. The Kier molecular flexibility index (Phi) is 7.98. The zero-order valence-electron chi connectivity index (χ0n) is 20.5. The maximum Gasteiger partial charge on any atom is 0.284 e. The van der Waals surface area contributed by atoms with Crippen molar-refractivity contribution in [1.29, 1.82) is 0 Å². The van der Waals surface area contributed by atoms with E-state index in [9.17, 15) is 13.6 Å². The molecule has 9 nitrogen and oxygen atoms in total. The summed E-state index contributed by atoms with van der Waals surface area (Å²) in [5, 5.41) is 6.14. The number of ether oxygens (including phenoxy) is 3. The topological polar surface area (TPSA) is 97.8 Å².